The molecule has 10 heteroatoms. The molecule has 8 atom stereocenters. The van der Waals surface area contributed by atoms with Gasteiger partial charge in [0.15, 0.2) is 6.29 Å². The van der Waals surface area contributed by atoms with Crippen LogP contribution in [0.1, 0.15) is 19.8 Å². The van der Waals surface area contributed by atoms with E-state index in [4.69, 9.17) is 14.2 Å². The van der Waals surface area contributed by atoms with Gasteiger partial charge in [0.25, 0.3) is 0 Å². The molecule has 6 N–H and O–H groups in total. The molecule has 10 nitrogen and oxygen atoms in total. The number of ether oxygens (including phenoxy) is 3. The summed E-state index contributed by atoms with van der Waals surface area (Å²) in [5, 5.41) is 52.2. The number of carbonyl (C=O) groups is 1. The first kappa shape index (κ1) is 22.9. The number of anilines is 1. The lowest BCUT2D eigenvalue weighted by Crippen LogP contribution is -2.62. The van der Waals surface area contributed by atoms with E-state index in [1.54, 1.807) is 24.3 Å². The van der Waals surface area contributed by atoms with E-state index >= 15 is 0 Å². The van der Waals surface area contributed by atoms with Crippen LogP contribution in [0.15, 0.2) is 24.3 Å². The summed E-state index contributed by atoms with van der Waals surface area (Å²) in [7, 11) is 0. The van der Waals surface area contributed by atoms with Crippen molar-refractivity contribution in [1.29, 1.82) is 0 Å². The van der Waals surface area contributed by atoms with E-state index in [0.29, 0.717) is 24.3 Å². The Morgan fingerprint density at radius 2 is 1.67 bits per heavy atom. The maximum absolute atomic E-state index is 11.1. The number of aliphatic hydroxyl groups is 5. The van der Waals surface area contributed by atoms with Crippen molar-refractivity contribution in [2.75, 3.05) is 18.5 Å². The molecular formula is C20H29NO9. The van der Waals surface area contributed by atoms with Gasteiger partial charge in [0.1, 0.15) is 30.2 Å². The summed E-state index contributed by atoms with van der Waals surface area (Å²) in [5.74, 6) is -0.121. The average molecular weight is 427 g/mol. The third-order valence-electron chi connectivity index (χ3n) is 5.51. The third-order valence-corrected chi connectivity index (χ3v) is 5.51. The molecule has 2 heterocycles. The molecule has 1 aromatic carbocycles. The molecule has 2 fully saturated rings. The zero-order valence-corrected chi connectivity index (χ0v) is 16.6. The van der Waals surface area contributed by atoms with E-state index in [1.807, 2.05) is 0 Å². The van der Waals surface area contributed by atoms with Gasteiger partial charge in [-0.1, -0.05) is 0 Å². The number of amides is 1. The minimum Gasteiger partial charge on any atom is -0.465 e. The molecule has 2 saturated heterocycles. The maximum Gasteiger partial charge on any atom is 0.221 e. The largest absolute Gasteiger partial charge is 0.465 e. The van der Waals surface area contributed by atoms with Gasteiger partial charge in [-0.25, -0.2) is 0 Å². The van der Waals surface area contributed by atoms with E-state index in [9.17, 15) is 30.3 Å². The Kier molecular flexibility index (Phi) is 7.64. The van der Waals surface area contributed by atoms with Crippen LogP contribution in [-0.4, -0.2) is 87.6 Å². The fourth-order valence-corrected chi connectivity index (χ4v) is 3.98. The Morgan fingerprint density at radius 1 is 1.00 bits per heavy atom. The van der Waals surface area contributed by atoms with Crippen LogP contribution in [0.25, 0.3) is 0 Å². The highest BCUT2D eigenvalue weighted by atomic mass is 16.7. The molecule has 0 aromatic heterocycles. The summed E-state index contributed by atoms with van der Waals surface area (Å²) in [5.41, 5.74) is 0.635. The van der Waals surface area contributed by atoms with Crippen molar-refractivity contribution in [3.8, 4) is 5.75 Å². The van der Waals surface area contributed by atoms with Crippen molar-refractivity contribution in [1.82, 2.24) is 0 Å². The molecule has 0 bridgehead atoms. The Balaban J connectivity index is 1.62. The molecule has 1 aromatic rings. The molecule has 0 aliphatic carbocycles. The smallest absolute Gasteiger partial charge is 0.221 e. The van der Waals surface area contributed by atoms with E-state index in [-0.39, 0.29) is 12.5 Å². The van der Waals surface area contributed by atoms with Gasteiger partial charge in [0.05, 0.1) is 25.4 Å². The Hall–Kier alpha value is -1.79. The number of nitrogens with one attached hydrogen (secondary N) is 1. The van der Waals surface area contributed by atoms with Crippen LogP contribution in [0.2, 0.25) is 0 Å². The highest BCUT2D eigenvalue weighted by molar-refractivity contribution is 5.88. The number of hydrogen-bond donors (Lipinski definition) is 6. The van der Waals surface area contributed by atoms with E-state index in [1.165, 1.54) is 6.92 Å². The number of carbonyl (C=O) groups excluding carboxylic acids is 1. The molecule has 30 heavy (non-hydrogen) atoms. The highest BCUT2D eigenvalue weighted by Gasteiger charge is 2.49. The van der Waals surface area contributed by atoms with Crippen LogP contribution in [0.4, 0.5) is 5.69 Å². The third kappa shape index (κ3) is 5.09. The van der Waals surface area contributed by atoms with Crippen LogP contribution in [0, 0.1) is 5.92 Å². The van der Waals surface area contributed by atoms with Crippen LogP contribution < -0.4 is 10.1 Å². The zero-order valence-electron chi connectivity index (χ0n) is 16.6. The van der Waals surface area contributed by atoms with Gasteiger partial charge in [-0.15, -0.1) is 0 Å². The Labute approximate surface area is 174 Å². The van der Waals surface area contributed by atoms with Gasteiger partial charge >= 0.3 is 0 Å². The molecule has 168 valence electrons. The maximum atomic E-state index is 11.1. The summed E-state index contributed by atoms with van der Waals surface area (Å²) in [4.78, 5) is 11.1. The molecular weight excluding hydrogens is 398 g/mol. The van der Waals surface area contributed by atoms with Gasteiger partial charge in [-0.3, -0.25) is 4.79 Å². The molecule has 1 amide bonds. The average Bonchev–Trinajstić information content (AvgIpc) is 2.73. The second-order valence-corrected chi connectivity index (χ2v) is 7.64. The predicted octanol–water partition coefficient (Wildman–Crippen LogP) is -1.02. The molecule has 2 aliphatic rings. The predicted molar refractivity (Wildman–Crippen MR) is 104 cm³/mol. The summed E-state index contributed by atoms with van der Waals surface area (Å²) in [6.07, 6.45) is -6.71. The van der Waals surface area contributed by atoms with E-state index < -0.39 is 55.4 Å². The molecule has 0 radical (unpaired) electrons. The standard InChI is InChI=1S/C20H29NO9/c1-10(24)21-11-2-4-12(5-3-11)28-16-7-6-13(14(8-22)29-16)20-19(27)18(26)17(25)15(9-23)30-20/h2-5,13-20,22-23,25-27H,6-9H2,1H3,(H,21,24)/t13?,14?,15-,16+,17-,18?,19-,20-/m1/s1. The Morgan fingerprint density at radius 3 is 2.27 bits per heavy atom. The number of rotatable bonds is 6. The number of aliphatic hydroxyl groups excluding tert-OH is 5. The van der Waals surface area contributed by atoms with Crippen molar-refractivity contribution in [3.05, 3.63) is 24.3 Å². The minimum absolute atomic E-state index is 0.177. The van der Waals surface area contributed by atoms with Crippen LogP contribution >= 0.6 is 0 Å². The van der Waals surface area contributed by atoms with Gasteiger partial charge in [0, 0.05) is 24.9 Å². The monoisotopic (exact) mass is 427 g/mol. The number of hydrogen-bond acceptors (Lipinski definition) is 9. The Bertz CT molecular complexity index is 698. The minimum atomic E-state index is -1.48. The SMILES string of the molecule is CC(=O)Nc1ccc(O[C@@H]2CCC([C@H]3O[C@H](CO)[C@@H](O)C(O)[C@H]3O)C(CO)O2)cc1. The van der Waals surface area contributed by atoms with Crippen molar-refractivity contribution in [2.45, 2.75) is 62.7 Å². The molecule has 2 aliphatic heterocycles. The molecule has 0 saturated carbocycles. The lowest BCUT2D eigenvalue weighted by atomic mass is 9.81. The first-order valence-electron chi connectivity index (χ1n) is 9.95. The second kappa shape index (κ2) is 10.0. The van der Waals surface area contributed by atoms with Crippen molar-refractivity contribution in [2.24, 2.45) is 5.92 Å². The summed E-state index contributed by atoms with van der Waals surface area (Å²) >= 11 is 0. The normalized spacial score (nSPS) is 36.9. The second-order valence-electron chi connectivity index (χ2n) is 7.64. The highest BCUT2D eigenvalue weighted by Crippen LogP contribution is 2.35. The number of benzene rings is 1. The quantitative estimate of drug-likeness (QED) is 0.334. The fraction of sp³-hybridized carbons (Fsp3) is 0.650. The summed E-state index contributed by atoms with van der Waals surface area (Å²) < 4.78 is 17.3. The summed E-state index contributed by atoms with van der Waals surface area (Å²) in [6.45, 7) is 0.543. The first-order valence-corrected chi connectivity index (χ1v) is 9.95. The van der Waals surface area contributed by atoms with Crippen LogP contribution in [-0.2, 0) is 14.3 Å². The van der Waals surface area contributed by atoms with Crippen LogP contribution in [0.5, 0.6) is 5.75 Å². The van der Waals surface area contributed by atoms with E-state index in [2.05, 4.69) is 5.32 Å². The van der Waals surface area contributed by atoms with Gasteiger partial charge in [0.2, 0.25) is 5.91 Å². The molecule has 3 unspecified atom stereocenters. The fourth-order valence-electron chi connectivity index (χ4n) is 3.98. The lowest BCUT2D eigenvalue weighted by Gasteiger charge is -2.46. The summed E-state index contributed by atoms with van der Waals surface area (Å²) in [6, 6.07) is 6.76. The van der Waals surface area contributed by atoms with Crippen molar-refractivity contribution >= 4 is 11.6 Å². The van der Waals surface area contributed by atoms with Crippen molar-refractivity contribution in [3.63, 3.8) is 0 Å². The van der Waals surface area contributed by atoms with E-state index in [0.717, 1.165) is 0 Å². The van der Waals surface area contributed by atoms with Gasteiger partial charge < -0.3 is 45.1 Å². The molecule has 3 rings (SSSR count). The van der Waals surface area contributed by atoms with Crippen molar-refractivity contribution < 1.29 is 44.5 Å². The topological polar surface area (TPSA) is 158 Å². The lowest BCUT2D eigenvalue weighted by molar-refractivity contribution is -0.269. The molecule has 0 spiro atoms. The zero-order chi connectivity index (χ0) is 21.8. The van der Waals surface area contributed by atoms with Gasteiger partial charge in [-0.05, 0) is 30.7 Å². The first-order chi connectivity index (χ1) is 14.3. The van der Waals surface area contributed by atoms with Crippen LogP contribution in [0.3, 0.4) is 0 Å². The van der Waals surface area contributed by atoms with Gasteiger partial charge in [-0.2, -0.15) is 0 Å².